The van der Waals surface area contributed by atoms with Crippen LogP contribution in [0.15, 0.2) is 28.8 Å². The van der Waals surface area contributed by atoms with Crippen LogP contribution >= 0.6 is 0 Å². The Balaban J connectivity index is 1.97. The Kier molecular flexibility index (Phi) is 4.30. The number of benzene rings is 1. The molecule has 0 unspecified atom stereocenters. The van der Waals surface area contributed by atoms with Crippen molar-refractivity contribution in [1.29, 1.82) is 0 Å². The number of aromatic hydroxyl groups is 1. The SMILES string of the molecule is CCOCCCc1nc(-c2cccc(O)c2)no1. The highest BCUT2D eigenvalue weighted by atomic mass is 16.5. The zero-order valence-corrected chi connectivity index (χ0v) is 10.3. The molecule has 1 N–H and O–H groups in total. The number of hydrogen-bond donors (Lipinski definition) is 1. The predicted octanol–water partition coefficient (Wildman–Crippen LogP) is 2.41. The second-order valence-corrected chi connectivity index (χ2v) is 3.86. The Bertz CT molecular complexity index is 496. The van der Waals surface area contributed by atoms with Gasteiger partial charge in [0.05, 0.1) is 0 Å². The van der Waals surface area contributed by atoms with Crippen molar-refractivity contribution >= 4 is 0 Å². The molecule has 1 heterocycles. The van der Waals surface area contributed by atoms with E-state index >= 15 is 0 Å². The maximum Gasteiger partial charge on any atom is 0.227 e. The molecule has 0 aliphatic rings. The maximum absolute atomic E-state index is 9.38. The lowest BCUT2D eigenvalue weighted by Gasteiger charge is -1.97. The molecular formula is C13H16N2O3. The van der Waals surface area contributed by atoms with E-state index in [0.717, 1.165) is 18.6 Å². The zero-order chi connectivity index (χ0) is 12.8. The molecule has 1 aromatic carbocycles. The Labute approximate surface area is 105 Å². The molecule has 0 atom stereocenters. The largest absolute Gasteiger partial charge is 0.508 e. The molecular weight excluding hydrogens is 232 g/mol. The normalized spacial score (nSPS) is 10.7. The van der Waals surface area contributed by atoms with Gasteiger partial charge in [0.2, 0.25) is 11.7 Å². The minimum absolute atomic E-state index is 0.190. The molecule has 2 rings (SSSR count). The van der Waals surface area contributed by atoms with Gasteiger partial charge in [-0.05, 0) is 25.5 Å². The lowest BCUT2D eigenvalue weighted by atomic mass is 10.2. The number of nitrogens with zero attached hydrogens (tertiary/aromatic N) is 2. The van der Waals surface area contributed by atoms with Gasteiger partial charge >= 0.3 is 0 Å². The zero-order valence-electron chi connectivity index (χ0n) is 10.3. The minimum atomic E-state index is 0.190. The highest BCUT2D eigenvalue weighted by molar-refractivity contribution is 5.56. The Morgan fingerprint density at radius 3 is 3.06 bits per heavy atom. The van der Waals surface area contributed by atoms with E-state index in [9.17, 15) is 5.11 Å². The van der Waals surface area contributed by atoms with E-state index in [-0.39, 0.29) is 5.75 Å². The van der Waals surface area contributed by atoms with E-state index in [0.29, 0.717) is 24.7 Å². The van der Waals surface area contributed by atoms with E-state index in [1.807, 2.05) is 13.0 Å². The van der Waals surface area contributed by atoms with Gasteiger partial charge in [0.15, 0.2) is 0 Å². The van der Waals surface area contributed by atoms with E-state index in [1.165, 1.54) is 0 Å². The van der Waals surface area contributed by atoms with Crippen LogP contribution in [0.2, 0.25) is 0 Å². The minimum Gasteiger partial charge on any atom is -0.508 e. The summed E-state index contributed by atoms with van der Waals surface area (Å²) in [5.41, 5.74) is 0.745. The summed E-state index contributed by atoms with van der Waals surface area (Å²) < 4.78 is 10.4. The summed E-state index contributed by atoms with van der Waals surface area (Å²) in [5.74, 6) is 1.28. The van der Waals surface area contributed by atoms with E-state index in [4.69, 9.17) is 9.26 Å². The van der Waals surface area contributed by atoms with Crippen molar-refractivity contribution in [3.8, 4) is 17.1 Å². The molecule has 5 heteroatoms. The second kappa shape index (κ2) is 6.16. The van der Waals surface area contributed by atoms with Gasteiger partial charge in [-0.25, -0.2) is 0 Å². The molecule has 0 saturated carbocycles. The fourth-order valence-corrected chi connectivity index (χ4v) is 1.59. The van der Waals surface area contributed by atoms with Crippen molar-refractivity contribution in [1.82, 2.24) is 10.1 Å². The molecule has 0 fully saturated rings. The van der Waals surface area contributed by atoms with Gasteiger partial charge in [-0.3, -0.25) is 0 Å². The van der Waals surface area contributed by atoms with E-state index < -0.39 is 0 Å². The first kappa shape index (κ1) is 12.6. The number of hydrogen-bond acceptors (Lipinski definition) is 5. The lowest BCUT2D eigenvalue weighted by Crippen LogP contribution is -1.96. The van der Waals surface area contributed by atoms with Crippen molar-refractivity contribution in [3.63, 3.8) is 0 Å². The molecule has 1 aromatic heterocycles. The van der Waals surface area contributed by atoms with Gasteiger partial charge in [0.1, 0.15) is 5.75 Å². The first-order valence-electron chi connectivity index (χ1n) is 5.99. The van der Waals surface area contributed by atoms with Gasteiger partial charge in [-0.15, -0.1) is 0 Å². The number of phenolic OH excluding ortho intramolecular Hbond substituents is 1. The molecule has 0 saturated heterocycles. The Morgan fingerprint density at radius 1 is 1.39 bits per heavy atom. The topological polar surface area (TPSA) is 68.4 Å². The van der Waals surface area contributed by atoms with Crippen LogP contribution in [0.1, 0.15) is 19.2 Å². The van der Waals surface area contributed by atoms with Crippen molar-refractivity contribution in [2.24, 2.45) is 0 Å². The first-order chi connectivity index (χ1) is 8.79. The van der Waals surface area contributed by atoms with Crippen LogP contribution in [0.4, 0.5) is 0 Å². The lowest BCUT2D eigenvalue weighted by molar-refractivity contribution is 0.143. The standard InChI is InChI=1S/C13H16N2O3/c1-2-17-8-4-7-12-14-13(15-18-12)10-5-3-6-11(16)9-10/h3,5-6,9,16H,2,4,7-8H2,1H3. The number of aromatic nitrogens is 2. The predicted molar refractivity (Wildman–Crippen MR) is 66.2 cm³/mol. The monoisotopic (exact) mass is 248 g/mol. The van der Waals surface area contributed by atoms with Crippen molar-refractivity contribution in [3.05, 3.63) is 30.2 Å². The van der Waals surface area contributed by atoms with Crippen LogP contribution < -0.4 is 0 Å². The fraction of sp³-hybridized carbons (Fsp3) is 0.385. The summed E-state index contributed by atoms with van der Waals surface area (Å²) >= 11 is 0. The van der Waals surface area contributed by atoms with Crippen molar-refractivity contribution in [2.45, 2.75) is 19.8 Å². The molecule has 5 nitrogen and oxygen atoms in total. The van der Waals surface area contributed by atoms with Crippen LogP contribution in [0.5, 0.6) is 5.75 Å². The Hall–Kier alpha value is -1.88. The average molecular weight is 248 g/mol. The first-order valence-corrected chi connectivity index (χ1v) is 5.99. The van der Waals surface area contributed by atoms with Gasteiger partial charge in [0.25, 0.3) is 0 Å². The van der Waals surface area contributed by atoms with Crippen LogP contribution in [0, 0.1) is 0 Å². The summed E-state index contributed by atoms with van der Waals surface area (Å²) in [6, 6.07) is 6.78. The molecule has 18 heavy (non-hydrogen) atoms. The van der Waals surface area contributed by atoms with Crippen molar-refractivity contribution < 1.29 is 14.4 Å². The van der Waals surface area contributed by atoms with E-state index in [1.54, 1.807) is 18.2 Å². The Morgan fingerprint density at radius 2 is 2.28 bits per heavy atom. The van der Waals surface area contributed by atoms with Crippen LogP contribution in [0.3, 0.4) is 0 Å². The van der Waals surface area contributed by atoms with Gasteiger partial charge in [0, 0.05) is 25.2 Å². The summed E-state index contributed by atoms with van der Waals surface area (Å²) in [6.45, 7) is 3.38. The van der Waals surface area contributed by atoms with E-state index in [2.05, 4.69) is 10.1 Å². The second-order valence-electron chi connectivity index (χ2n) is 3.86. The molecule has 0 aliphatic carbocycles. The number of ether oxygens (including phenoxy) is 1. The molecule has 2 aromatic rings. The van der Waals surface area contributed by atoms with Crippen LogP contribution in [0.25, 0.3) is 11.4 Å². The highest BCUT2D eigenvalue weighted by Crippen LogP contribution is 2.20. The van der Waals surface area contributed by atoms with Crippen LogP contribution in [-0.4, -0.2) is 28.5 Å². The maximum atomic E-state index is 9.38. The average Bonchev–Trinajstić information content (AvgIpc) is 2.83. The summed E-state index contributed by atoms with van der Waals surface area (Å²) in [7, 11) is 0. The summed E-state index contributed by atoms with van der Waals surface area (Å²) in [5, 5.41) is 13.3. The smallest absolute Gasteiger partial charge is 0.227 e. The molecule has 0 aliphatic heterocycles. The van der Waals surface area contributed by atoms with Crippen molar-refractivity contribution in [2.75, 3.05) is 13.2 Å². The fourth-order valence-electron chi connectivity index (χ4n) is 1.59. The highest BCUT2D eigenvalue weighted by Gasteiger charge is 2.08. The number of rotatable bonds is 6. The third-order valence-electron chi connectivity index (χ3n) is 2.46. The van der Waals surface area contributed by atoms with Gasteiger partial charge < -0.3 is 14.4 Å². The third kappa shape index (κ3) is 3.30. The number of aryl methyl sites for hydroxylation is 1. The van der Waals surface area contributed by atoms with Gasteiger partial charge in [-0.1, -0.05) is 17.3 Å². The molecule has 0 bridgehead atoms. The molecule has 0 spiro atoms. The molecule has 0 radical (unpaired) electrons. The van der Waals surface area contributed by atoms with Crippen LogP contribution in [-0.2, 0) is 11.2 Å². The molecule has 96 valence electrons. The summed E-state index contributed by atoms with van der Waals surface area (Å²) in [4.78, 5) is 4.27. The third-order valence-corrected chi connectivity index (χ3v) is 2.46. The van der Waals surface area contributed by atoms with Gasteiger partial charge in [-0.2, -0.15) is 4.98 Å². The number of phenols is 1. The molecule has 0 amide bonds. The summed E-state index contributed by atoms with van der Waals surface area (Å²) in [6.07, 6.45) is 1.56. The quantitative estimate of drug-likeness (QED) is 0.795.